The number of rotatable bonds is 4. The van der Waals surface area contributed by atoms with Gasteiger partial charge in [0.2, 0.25) is 5.91 Å². The van der Waals surface area contributed by atoms with Crippen LogP contribution in [-0.4, -0.2) is 33.3 Å². The van der Waals surface area contributed by atoms with Crippen LogP contribution in [0.1, 0.15) is 25.1 Å². The average molecular weight is 334 g/mol. The lowest BCUT2D eigenvalue weighted by atomic mass is 10.3. The fourth-order valence-electron chi connectivity index (χ4n) is 2.19. The first kappa shape index (κ1) is 16.6. The number of hydrogen-bond donors (Lipinski definition) is 0. The standard InChI is InChI=1S/C14H15ClF3N3O/c1-3-20(4-2)12(22)6-10-8-21-7-9(14(16,17)18)5-11(15)13(21)19-10/h5,7-8H,3-4,6H2,1-2H3. The van der Waals surface area contributed by atoms with E-state index in [9.17, 15) is 18.0 Å². The number of carbonyl (C=O) groups excluding carboxylic acids is 1. The first-order valence-corrected chi connectivity index (χ1v) is 7.16. The van der Waals surface area contributed by atoms with E-state index < -0.39 is 11.7 Å². The van der Waals surface area contributed by atoms with Gasteiger partial charge in [-0.1, -0.05) is 11.6 Å². The molecular formula is C14H15ClF3N3O. The molecule has 0 unspecified atom stereocenters. The van der Waals surface area contributed by atoms with E-state index in [0.717, 1.165) is 12.3 Å². The summed E-state index contributed by atoms with van der Waals surface area (Å²) in [5, 5.41) is -0.101. The van der Waals surface area contributed by atoms with Gasteiger partial charge in [0.05, 0.1) is 22.7 Å². The summed E-state index contributed by atoms with van der Waals surface area (Å²) in [6.45, 7) is 4.86. The minimum atomic E-state index is -4.49. The molecule has 0 atom stereocenters. The highest BCUT2D eigenvalue weighted by molar-refractivity contribution is 6.33. The zero-order valence-corrected chi connectivity index (χ0v) is 12.9. The molecule has 0 saturated carbocycles. The first-order chi connectivity index (χ1) is 10.3. The summed E-state index contributed by atoms with van der Waals surface area (Å²) in [7, 11) is 0. The van der Waals surface area contributed by atoms with Crippen molar-refractivity contribution >= 4 is 23.2 Å². The van der Waals surface area contributed by atoms with E-state index in [1.165, 1.54) is 10.6 Å². The van der Waals surface area contributed by atoms with E-state index in [2.05, 4.69) is 4.98 Å². The fourth-order valence-corrected chi connectivity index (χ4v) is 2.45. The van der Waals surface area contributed by atoms with Gasteiger partial charge in [-0.25, -0.2) is 4.98 Å². The van der Waals surface area contributed by atoms with Crippen molar-refractivity contribution in [3.63, 3.8) is 0 Å². The predicted molar refractivity (Wildman–Crippen MR) is 76.8 cm³/mol. The van der Waals surface area contributed by atoms with Crippen LogP contribution in [0.5, 0.6) is 0 Å². The van der Waals surface area contributed by atoms with E-state index in [-0.39, 0.29) is 23.0 Å². The molecule has 0 bridgehead atoms. The Morgan fingerprint density at radius 2 is 1.95 bits per heavy atom. The zero-order valence-electron chi connectivity index (χ0n) is 12.1. The van der Waals surface area contributed by atoms with Gasteiger partial charge in [-0.05, 0) is 19.9 Å². The summed E-state index contributed by atoms with van der Waals surface area (Å²) in [6, 6.07) is 0.833. The van der Waals surface area contributed by atoms with Crippen molar-refractivity contribution in [2.24, 2.45) is 0 Å². The van der Waals surface area contributed by atoms with Crippen LogP contribution in [0.3, 0.4) is 0 Å². The van der Waals surface area contributed by atoms with Crippen LogP contribution in [0.2, 0.25) is 5.02 Å². The molecule has 0 aromatic carbocycles. The number of fused-ring (bicyclic) bond motifs is 1. The molecule has 0 spiro atoms. The number of nitrogens with zero attached hydrogens (tertiary/aromatic N) is 3. The Labute approximate surface area is 130 Å². The van der Waals surface area contributed by atoms with Crippen molar-refractivity contribution < 1.29 is 18.0 Å². The molecule has 8 heteroatoms. The van der Waals surface area contributed by atoms with Gasteiger partial charge < -0.3 is 9.30 Å². The van der Waals surface area contributed by atoms with Crippen LogP contribution in [0.25, 0.3) is 5.65 Å². The lowest BCUT2D eigenvalue weighted by molar-refractivity contribution is -0.138. The summed E-state index contributed by atoms with van der Waals surface area (Å²) in [5.74, 6) is -0.124. The molecule has 1 amide bonds. The van der Waals surface area contributed by atoms with Gasteiger partial charge in [-0.2, -0.15) is 13.2 Å². The maximum atomic E-state index is 12.8. The van der Waals surface area contributed by atoms with Gasteiger partial charge in [-0.3, -0.25) is 4.79 Å². The zero-order chi connectivity index (χ0) is 16.5. The molecule has 0 aliphatic heterocycles. The predicted octanol–water partition coefficient (Wildman–Crippen LogP) is 3.42. The molecule has 0 aliphatic rings. The highest BCUT2D eigenvalue weighted by atomic mass is 35.5. The van der Waals surface area contributed by atoms with Crippen LogP contribution < -0.4 is 0 Å². The molecule has 22 heavy (non-hydrogen) atoms. The van der Waals surface area contributed by atoms with Crippen LogP contribution in [0.15, 0.2) is 18.5 Å². The second kappa shape index (κ2) is 6.16. The van der Waals surface area contributed by atoms with Gasteiger partial charge in [0.25, 0.3) is 0 Å². The Kier molecular flexibility index (Phi) is 4.65. The number of aromatic nitrogens is 2. The van der Waals surface area contributed by atoms with Gasteiger partial charge in [0.15, 0.2) is 5.65 Å². The van der Waals surface area contributed by atoms with Crippen LogP contribution in [-0.2, 0) is 17.4 Å². The summed E-state index contributed by atoms with van der Waals surface area (Å²) >= 11 is 5.86. The SMILES string of the molecule is CCN(CC)C(=O)Cc1cn2cc(C(F)(F)F)cc(Cl)c2n1. The van der Waals surface area contributed by atoms with Crippen LogP contribution in [0, 0.1) is 0 Å². The Balaban J connectivity index is 2.35. The maximum absolute atomic E-state index is 12.8. The summed E-state index contributed by atoms with van der Waals surface area (Å²) < 4.78 is 39.5. The lowest BCUT2D eigenvalue weighted by Crippen LogP contribution is -2.31. The van der Waals surface area contributed by atoms with E-state index in [1.807, 2.05) is 13.8 Å². The van der Waals surface area contributed by atoms with E-state index >= 15 is 0 Å². The normalized spacial score (nSPS) is 11.9. The molecule has 2 aromatic rings. The third kappa shape index (κ3) is 3.35. The highest BCUT2D eigenvalue weighted by Crippen LogP contribution is 2.32. The van der Waals surface area contributed by atoms with Crippen LogP contribution >= 0.6 is 11.6 Å². The fraction of sp³-hybridized carbons (Fsp3) is 0.429. The molecule has 0 saturated heterocycles. The number of pyridine rings is 1. The van der Waals surface area contributed by atoms with Crippen molar-refractivity contribution in [2.75, 3.05) is 13.1 Å². The summed E-state index contributed by atoms with van der Waals surface area (Å²) in [4.78, 5) is 17.8. The smallest absolute Gasteiger partial charge is 0.343 e. The Morgan fingerprint density at radius 1 is 1.32 bits per heavy atom. The Bertz CT molecular complexity index is 692. The van der Waals surface area contributed by atoms with Gasteiger partial charge in [0.1, 0.15) is 0 Å². The number of alkyl halides is 3. The van der Waals surface area contributed by atoms with Gasteiger partial charge in [0, 0.05) is 25.5 Å². The molecular weight excluding hydrogens is 319 g/mol. The minimum absolute atomic E-state index is 0.0288. The van der Waals surface area contributed by atoms with Gasteiger partial charge >= 0.3 is 6.18 Å². The number of carbonyl (C=O) groups is 1. The van der Waals surface area contributed by atoms with Crippen molar-refractivity contribution in [2.45, 2.75) is 26.4 Å². The molecule has 2 aromatic heterocycles. The van der Waals surface area contributed by atoms with Crippen molar-refractivity contribution in [3.8, 4) is 0 Å². The third-order valence-electron chi connectivity index (χ3n) is 3.33. The molecule has 2 rings (SSSR count). The average Bonchev–Trinajstić information content (AvgIpc) is 2.82. The molecule has 2 heterocycles. The van der Waals surface area contributed by atoms with E-state index in [0.29, 0.717) is 18.8 Å². The van der Waals surface area contributed by atoms with E-state index in [4.69, 9.17) is 11.6 Å². The van der Waals surface area contributed by atoms with Gasteiger partial charge in [-0.15, -0.1) is 0 Å². The second-order valence-electron chi connectivity index (χ2n) is 4.78. The molecule has 0 aliphatic carbocycles. The second-order valence-corrected chi connectivity index (χ2v) is 5.19. The highest BCUT2D eigenvalue weighted by Gasteiger charge is 2.32. The third-order valence-corrected chi connectivity index (χ3v) is 3.61. The Hall–Kier alpha value is -1.76. The Morgan fingerprint density at radius 3 is 2.50 bits per heavy atom. The number of halogens is 4. The summed E-state index contributed by atoms with van der Waals surface area (Å²) in [6.07, 6.45) is -2.14. The lowest BCUT2D eigenvalue weighted by Gasteiger charge is -2.17. The molecule has 0 N–H and O–H groups in total. The quantitative estimate of drug-likeness (QED) is 0.860. The number of likely N-dealkylation sites (N-methyl/N-ethyl adjacent to an activating group) is 1. The summed E-state index contributed by atoms with van der Waals surface area (Å²) in [5.41, 5.74) is -0.265. The molecule has 0 fully saturated rings. The molecule has 4 nitrogen and oxygen atoms in total. The monoisotopic (exact) mass is 333 g/mol. The first-order valence-electron chi connectivity index (χ1n) is 6.78. The maximum Gasteiger partial charge on any atom is 0.417 e. The largest absolute Gasteiger partial charge is 0.417 e. The number of hydrogen-bond acceptors (Lipinski definition) is 2. The number of amides is 1. The molecule has 120 valence electrons. The number of imidazole rings is 1. The van der Waals surface area contributed by atoms with Crippen molar-refractivity contribution in [3.05, 3.63) is 34.7 Å². The van der Waals surface area contributed by atoms with Crippen molar-refractivity contribution in [1.29, 1.82) is 0 Å². The van der Waals surface area contributed by atoms with E-state index in [1.54, 1.807) is 4.90 Å². The minimum Gasteiger partial charge on any atom is -0.343 e. The topological polar surface area (TPSA) is 37.6 Å². The van der Waals surface area contributed by atoms with Crippen LogP contribution in [0.4, 0.5) is 13.2 Å². The van der Waals surface area contributed by atoms with Crippen molar-refractivity contribution in [1.82, 2.24) is 14.3 Å². The molecule has 0 radical (unpaired) electrons.